The monoisotopic (exact) mass is 516 g/mol. The minimum Gasteiger partial charge on any atom is -0.481 e. The van der Waals surface area contributed by atoms with Gasteiger partial charge in [-0.2, -0.15) is 13.2 Å². The van der Waals surface area contributed by atoms with E-state index in [4.69, 9.17) is 16.7 Å². The Balaban J connectivity index is 1.77. The van der Waals surface area contributed by atoms with Gasteiger partial charge in [-0.3, -0.25) is 14.9 Å². The number of aromatic nitrogens is 2. The van der Waals surface area contributed by atoms with Crippen LogP contribution in [0.15, 0.2) is 35.8 Å². The number of hydrogen-bond donors (Lipinski definition) is 2. The van der Waals surface area contributed by atoms with Crippen LogP contribution in [-0.4, -0.2) is 40.0 Å². The second-order valence-electron chi connectivity index (χ2n) is 7.24. The van der Waals surface area contributed by atoms with Gasteiger partial charge in [0.2, 0.25) is 0 Å². The van der Waals surface area contributed by atoms with Crippen LogP contribution in [0.1, 0.15) is 29.3 Å². The predicted octanol–water partition coefficient (Wildman–Crippen LogP) is 5.57. The summed E-state index contributed by atoms with van der Waals surface area (Å²) in [6, 6.07) is 3.79. The van der Waals surface area contributed by atoms with Gasteiger partial charge in [0.05, 0.1) is 28.3 Å². The number of pyridine rings is 1. The Morgan fingerprint density at radius 2 is 2.03 bits per heavy atom. The normalized spacial score (nSPS) is 12.3. The van der Waals surface area contributed by atoms with Gasteiger partial charge in [-0.05, 0) is 25.1 Å². The summed E-state index contributed by atoms with van der Waals surface area (Å²) in [5.41, 5.74) is -1.76. The molecule has 0 bridgehead atoms. The Morgan fingerprint density at radius 1 is 1.32 bits per heavy atom. The van der Waals surface area contributed by atoms with Crippen LogP contribution < -0.4 is 10.2 Å². The summed E-state index contributed by atoms with van der Waals surface area (Å²) in [7, 11) is 1.62. The van der Waals surface area contributed by atoms with Crippen LogP contribution in [0, 0.1) is 5.82 Å². The van der Waals surface area contributed by atoms with E-state index in [2.05, 4.69) is 15.3 Å². The molecular weight excluding hydrogens is 500 g/mol. The number of rotatable bonds is 7. The molecular formula is C21H17ClF4N4O3S. The first-order chi connectivity index (χ1) is 15.9. The number of carboxylic acid groups (broad SMARTS) is 1. The smallest absolute Gasteiger partial charge is 0.419 e. The fourth-order valence-electron chi connectivity index (χ4n) is 2.99. The van der Waals surface area contributed by atoms with Crippen molar-refractivity contribution in [3.05, 3.63) is 57.8 Å². The molecule has 0 unspecified atom stereocenters. The molecule has 13 heteroatoms. The summed E-state index contributed by atoms with van der Waals surface area (Å²) in [6.45, 7) is 1.68. The van der Waals surface area contributed by atoms with Crippen molar-refractivity contribution in [2.24, 2.45) is 0 Å². The first kappa shape index (κ1) is 25.4. The number of thiazole rings is 1. The fraction of sp³-hybridized carbons (Fsp3) is 0.238. The first-order valence-corrected chi connectivity index (χ1v) is 10.9. The first-order valence-electron chi connectivity index (χ1n) is 9.61. The summed E-state index contributed by atoms with van der Waals surface area (Å²) in [5.74, 6) is -2.80. The van der Waals surface area contributed by atoms with E-state index in [1.807, 2.05) is 0 Å². The number of alkyl halides is 3. The maximum absolute atomic E-state index is 14.4. The van der Waals surface area contributed by atoms with Crippen LogP contribution in [0.5, 0.6) is 0 Å². The molecule has 1 aromatic carbocycles. The molecule has 2 aromatic heterocycles. The summed E-state index contributed by atoms with van der Waals surface area (Å²) < 4.78 is 53.2. The van der Waals surface area contributed by atoms with E-state index in [-0.39, 0.29) is 39.2 Å². The minimum atomic E-state index is -4.86. The number of carboxylic acids is 1. The minimum absolute atomic E-state index is 0.0317. The second-order valence-corrected chi connectivity index (χ2v) is 8.51. The Hall–Kier alpha value is -3.25. The lowest BCUT2D eigenvalue weighted by Crippen LogP contribution is -2.32. The number of nitrogens with one attached hydrogen (secondary N) is 1. The van der Waals surface area contributed by atoms with Gasteiger partial charge in [0.25, 0.3) is 5.91 Å². The number of nitrogens with zero attached hydrogens (tertiary/aromatic N) is 3. The molecule has 0 aliphatic heterocycles. The van der Waals surface area contributed by atoms with E-state index in [1.54, 1.807) is 18.9 Å². The lowest BCUT2D eigenvalue weighted by Gasteiger charge is -2.25. The number of benzene rings is 1. The molecule has 180 valence electrons. The molecule has 3 rings (SSSR count). The van der Waals surface area contributed by atoms with Gasteiger partial charge in [0.1, 0.15) is 11.6 Å². The van der Waals surface area contributed by atoms with E-state index >= 15 is 0 Å². The predicted molar refractivity (Wildman–Crippen MR) is 120 cm³/mol. The van der Waals surface area contributed by atoms with Crippen molar-refractivity contribution in [3.63, 3.8) is 0 Å². The van der Waals surface area contributed by atoms with Gasteiger partial charge in [0, 0.05) is 30.2 Å². The molecule has 34 heavy (non-hydrogen) atoms. The highest BCUT2D eigenvalue weighted by molar-refractivity contribution is 7.14. The Kier molecular flexibility index (Phi) is 7.41. The van der Waals surface area contributed by atoms with Gasteiger partial charge in [-0.1, -0.05) is 17.7 Å². The lowest BCUT2D eigenvalue weighted by molar-refractivity contribution is -0.140. The molecule has 0 fully saturated rings. The third kappa shape index (κ3) is 5.62. The van der Waals surface area contributed by atoms with E-state index in [1.165, 1.54) is 17.6 Å². The van der Waals surface area contributed by atoms with Crippen molar-refractivity contribution < 1.29 is 32.3 Å². The summed E-state index contributed by atoms with van der Waals surface area (Å²) in [5, 5.41) is 12.9. The van der Waals surface area contributed by atoms with E-state index in [9.17, 15) is 27.2 Å². The van der Waals surface area contributed by atoms with Crippen molar-refractivity contribution in [3.8, 4) is 11.3 Å². The number of carbonyl (C=O) groups excluding carboxylic acids is 1. The number of carbonyl (C=O) groups is 2. The summed E-state index contributed by atoms with van der Waals surface area (Å²) in [6.07, 6.45) is -3.76. The molecule has 1 amide bonds. The molecule has 0 spiro atoms. The molecule has 0 saturated heterocycles. The highest BCUT2D eigenvalue weighted by Gasteiger charge is 2.35. The maximum atomic E-state index is 14.4. The molecule has 3 aromatic rings. The molecule has 2 heterocycles. The molecule has 2 N–H and O–H groups in total. The van der Waals surface area contributed by atoms with Gasteiger partial charge >= 0.3 is 12.1 Å². The van der Waals surface area contributed by atoms with Crippen LogP contribution in [-0.2, 0) is 11.0 Å². The summed E-state index contributed by atoms with van der Waals surface area (Å²) >= 11 is 7.13. The number of aliphatic carboxylic acids is 1. The van der Waals surface area contributed by atoms with Crippen molar-refractivity contribution in [1.82, 2.24) is 9.97 Å². The van der Waals surface area contributed by atoms with Crippen molar-refractivity contribution >= 4 is 45.8 Å². The third-order valence-corrected chi connectivity index (χ3v) is 5.89. The van der Waals surface area contributed by atoms with Gasteiger partial charge in [-0.25, -0.2) is 14.4 Å². The van der Waals surface area contributed by atoms with Crippen molar-refractivity contribution in [1.29, 1.82) is 0 Å². The Bertz CT molecular complexity index is 1230. The topological polar surface area (TPSA) is 95.4 Å². The number of hydrogen-bond acceptors (Lipinski definition) is 6. The van der Waals surface area contributed by atoms with Crippen LogP contribution in [0.3, 0.4) is 0 Å². The standard InChI is InChI=1S/C21H17ClF4N4O3S/c1-10(6-16(31)32)30(2)18-14(22)7-11(8-27-18)19(33)29-20-28-15(9-34-20)12-4-3-5-13(17(12)23)21(24,25)26/h3-5,7-10H,6H2,1-2H3,(H,31,32)(H,28,29,33)/t10-/m0/s1. The molecule has 0 aliphatic rings. The zero-order valence-electron chi connectivity index (χ0n) is 17.7. The fourth-order valence-corrected chi connectivity index (χ4v) is 3.99. The molecule has 0 radical (unpaired) electrons. The van der Waals surface area contributed by atoms with Gasteiger partial charge < -0.3 is 10.0 Å². The third-order valence-electron chi connectivity index (χ3n) is 4.85. The lowest BCUT2D eigenvalue weighted by atomic mass is 10.1. The van der Waals surface area contributed by atoms with Gasteiger partial charge in [0.15, 0.2) is 5.13 Å². The average molecular weight is 517 g/mol. The molecule has 7 nitrogen and oxygen atoms in total. The van der Waals surface area contributed by atoms with E-state index < -0.39 is 35.5 Å². The molecule has 0 aliphatic carbocycles. The number of halogens is 5. The van der Waals surface area contributed by atoms with Crippen molar-refractivity contribution in [2.45, 2.75) is 25.6 Å². The average Bonchev–Trinajstić information content (AvgIpc) is 3.20. The Morgan fingerprint density at radius 3 is 2.65 bits per heavy atom. The Labute approximate surface area is 200 Å². The van der Waals surface area contributed by atoms with E-state index in [0.29, 0.717) is 6.07 Å². The van der Waals surface area contributed by atoms with Crippen LogP contribution in [0.4, 0.5) is 28.5 Å². The highest BCUT2D eigenvalue weighted by Crippen LogP contribution is 2.36. The van der Waals surface area contributed by atoms with E-state index in [0.717, 1.165) is 23.5 Å². The van der Waals surface area contributed by atoms with Crippen LogP contribution >= 0.6 is 22.9 Å². The van der Waals surface area contributed by atoms with Crippen LogP contribution in [0.2, 0.25) is 5.02 Å². The zero-order chi connectivity index (χ0) is 25.2. The number of anilines is 2. The quantitative estimate of drug-likeness (QED) is 0.399. The second kappa shape index (κ2) is 9.94. The van der Waals surface area contributed by atoms with Crippen molar-refractivity contribution in [2.75, 3.05) is 17.3 Å². The summed E-state index contributed by atoms with van der Waals surface area (Å²) in [4.78, 5) is 33.2. The van der Waals surface area contributed by atoms with Crippen LogP contribution in [0.25, 0.3) is 11.3 Å². The van der Waals surface area contributed by atoms with Gasteiger partial charge in [-0.15, -0.1) is 11.3 Å². The number of amides is 1. The highest BCUT2D eigenvalue weighted by atomic mass is 35.5. The SMILES string of the molecule is C[C@@H](CC(=O)O)N(C)c1ncc(C(=O)Nc2nc(-c3cccc(C(F)(F)F)c3F)cs2)cc1Cl. The zero-order valence-corrected chi connectivity index (χ0v) is 19.2. The maximum Gasteiger partial charge on any atom is 0.419 e. The molecule has 1 atom stereocenters. The largest absolute Gasteiger partial charge is 0.481 e. The molecule has 0 saturated carbocycles.